The molecule has 0 fully saturated rings. The Hall–Kier alpha value is -1.35. The highest BCUT2D eigenvalue weighted by Crippen LogP contribution is 2.18. The predicted octanol–water partition coefficient (Wildman–Crippen LogP) is 2.61. The Labute approximate surface area is 110 Å². The largest absolute Gasteiger partial charge is 0.497 e. The highest BCUT2D eigenvalue weighted by atomic mass is 16.5. The summed E-state index contributed by atoms with van der Waals surface area (Å²) in [7, 11) is 7.97. The SMILES string of the molecule is CCC(C[N+](C)(C)C)C(=O)c1ccc(OC)cc1. The zero-order valence-electron chi connectivity index (χ0n) is 12.1. The molecule has 1 aromatic rings. The quantitative estimate of drug-likeness (QED) is 0.573. The predicted molar refractivity (Wildman–Crippen MR) is 74.0 cm³/mol. The molecular weight excluding hydrogens is 226 g/mol. The van der Waals surface area contributed by atoms with Crippen molar-refractivity contribution in [1.82, 2.24) is 0 Å². The van der Waals surface area contributed by atoms with Crippen LogP contribution in [0.3, 0.4) is 0 Å². The standard InChI is InChI=1S/C15H24NO2/c1-6-12(11-16(2,3)4)15(17)13-7-9-14(18-5)10-8-13/h7-10,12H,6,11H2,1-5H3/q+1. The number of ketones is 1. The third-order valence-electron chi connectivity index (χ3n) is 3.01. The van der Waals surface area contributed by atoms with Gasteiger partial charge in [-0.1, -0.05) is 6.92 Å². The topological polar surface area (TPSA) is 26.3 Å². The summed E-state index contributed by atoms with van der Waals surface area (Å²) in [6, 6.07) is 7.37. The summed E-state index contributed by atoms with van der Waals surface area (Å²) in [6.07, 6.45) is 0.875. The minimum absolute atomic E-state index is 0.0818. The van der Waals surface area contributed by atoms with Crippen LogP contribution < -0.4 is 4.74 Å². The van der Waals surface area contributed by atoms with E-state index in [9.17, 15) is 4.79 Å². The van der Waals surface area contributed by atoms with E-state index in [1.165, 1.54) is 0 Å². The highest BCUT2D eigenvalue weighted by molar-refractivity contribution is 5.98. The van der Waals surface area contributed by atoms with Gasteiger partial charge in [-0.05, 0) is 30.7 Å². The molecule has 0 saturated heterocycles. The van der Waals surface area contributed by atoms with Crippen LogP contribution in [-0.4, -0.2) is 45.1 Å². The van der Waals surface area contributed by atoms with Crippen molar-refractivity contribution in [1.29, 1.82) is 0 Å². The molecule has 18 heavy (non-hydrogen) atoms. The van der Waals surface area contributed by atoms with Crippen LogP contribution in [0.5, 0.6) is 5.75 Å². The van der Waals surface area contributed by atoms with E-state index in [-0.39, 0.29) is 11.7 Å². The number of carbonyl (C=O) groups is 1. The lowest BCUT2D eigenvalue weighted by atomic mass is 9.94. The second-order valence-corrected chi connectivity index (χ2v) is 5.67. The fourth-order valence-electron chi connectivity index (χ4n) is 2.05. The maximum Gasteiger partial charge on any atom is 0.171 e. The molecule has 0 aliphatic heterocycles. The molecule has 3 nitrogen and oxygen atoms in total. The molecule has 0 aliphatic rings. The molecule has 0 saturated carbocycles. The molecule has 0 bridgehead atoms. The van der Waals surface area contributed by atoms with Gasteiger partial charge in [0.1, 0.15) is 5.75 Å². The first-order valence-electron chi connectivity index (χ1n) is 6.36. The van der Waals surface area contributed by atoms with Crippen molar-refractivity contribution in [3.05, 3.63) is 29.8 Å². The van der Waals surface area contributed by atoms with Crippen molar-refractivity contribution in [2.75, 3.05) is 34.8 Å². The number of carbonyl (C=O) groups excluding carboxylic acids is 1. The van der Waals surface area contributed by atoms with Crippen molar-refractivity contribution in [3.63, 3.8) is 0 Å². The van der Waals surface area contributed by atoms with Crippen molar-refractivity contribution in [2.45, 2.75) is 13.3 Å². The Balaban J connectivity index is 2.82. The van der Waals surface area contributed by atoms with Crippen molar-refractivity contribution in [3.8, 4) is 5.75 Å². The van der Waals surface area contributed by atoms with Crippen LogP contribution in [0.25, 0.3) is 0 Å². The second kappa shape index (κ2) is 6.01. The highest BCUT2D eigenvalue weighted by Gasteiger charge is 2.24. The third-order valence-corrected chi connectivity index (χ3v) is 3.01. The maximum atomic E-state index is 12.4. The molecule has 0 aliphatic carbocycles. The first-order valence-corrected chi connectivity index (χ1v) is 6.36. The third kappa shape index (κ3) is 4.15. The number of hydrogen-bond acceptors (Lipinski definition) is 2. The summed E-state index contributed by atoms with van der Waals surface area (Å²) in [5.41, 5.74) is 0.774. The van der Waals surface area contributed by atoms with Crippen LogP contribution >= 0.6 is 0 Å². The second-order valence-electron chi connectivity index (χ2n) is 5.67. The van der Waals surface area contributed by atoms with Crippen molar-refractivity contribution >= 4 is 5.78 Å². The maximum absolute atomic E-state index is 12.4. The smallest absolute Gasteiger partial charge is 0.171 e. The number of benzene rings is 1. The molecule has 0 amide bonds. The molecule has 1 unspecified atom stereocenters. The zero-order valence-corrected chi connectivity index (χ0v) is 12.1. The summed E-state index contributed by atoms with van der Waals surface area (Å²) in [6.45, 7) is 2.93. The lowest BCUT2D eigenvalue weighted by Gasteiger charge is -2.28. The molecule has 1 aromatic carbocycles. The average molecular weight is 250 g/mol. The van der Waals surface area contributed by atoms with Gasteiger partial charge in [0, 0.05) is 5.56 Å². The molecule has 0 heterocycles. The van der Waals surface area contributed by atoms with E-state index >= 15 is 0 Å². The minimum Gasteiger partial charge on any atom is -0.497 e. The van der Waals surface area contributed by atoms with E-state index in [1.807, 2.05) is 24.3 Å². The summed E-state index contributed by atoms with van der Waals surface area (Å²) in [5, 5.41) is 0. The molecule has 0 aromatic heterocycles. The Kier molecular flexibility index (Phi) is 4.91. The molecule has 1 atom stereocenters. The molecule has 0 radical (unpaired) electrons. The van der Waals surface area contributed by atoms with Gasteiger partial charge < -0.3 is 9.22 Å². The molecular formula is C15H24NO2+. The van der Waals surface area contributed by atoms with E-state index in [4.69, 9.17) is 4.74 Å². The van der Waals surface area contributed by atoms with Crippen LogP contribution in [0.2, 0.25) is 0 Å². The number of hydrogen-bond donors (Lipinski definition) is 0. The number of rotatable bonds is 6. The van der Waals surface area contributed by atoms with Gasteiger partial charge in [-0.25, -0.2) is 0 Å². The van der Waals surface area contributed by atoms with Crippen LogP contribution in [0.4, 0.5) is 0 Å². The molecule has 100 valence electrons. The normalized spacial score (nSPS) is 13.2. The van der Waals surface area contributed by atoms with Gasteiger partial charge in [-0.2, -0.15) is 0 Å². The Morgan fingerprint density at radius 3 is 2.17 bits per heavy atom. The number of methoxy groups -OCH3 is 1. The van der Waals surface area contributed by atoms with Crippen LogP contribution in [0.1, 0.15) is 23.7 Å². The van der Waals surface area contributed by atoms with E-state index in [2.05, 4.69) is 28.1 Å². The lowest BCUT2D eigenvalue weighted by Crippen LogP contribution is -2.41. The molecule has 3 heteroatoms. The average Bonchev–Trinajstić information content (AvgIpc) is 2.34. The van der Waals surface area contributed by atoms with Crippen LogP contribution in [0, 0.1) is 5.92 Å². The van der Waals surface area contributed by atoms with Crippen molar-refractivity contribution in [2.24, 2.45) is 5.92 Å². The lowest BCUT2D eigenvalue weighted by molar-refractivity contribution is -0.872. The van der Waals surface area contributed by atoms with E-state index in [0.717, 1.165) is 28.8 Å². The number of Topliss-reactive ketones (excluding diaryl/α,β-unsaturated/α-hetero) is 1. The summed E-state index contributed by atoms with van der Waals surface area (Å²) < 4.78 is 5.91. The fraction of sp³-hybridized carbons (Fsp3) is 0.533. The first-order chi connectivity index (χ1) is 8.37. The van der Waals surface area contributed by atoms with Gasteiger partial charge in [-0.3, -0.25) is 4.79 Å². The van der Waals surface area contributed by atoms with E-state index < -0.39 is 0 Å². The number of nitrogens with zero attached hydrogens (tertiary/aromatic N) is 1. The van der Waals surface area contributed by atoms with Gasteiger partial charge in [0.05, 0.1) is 40.7 Å². The summed E-state index contributed by atoms with van der Waals surface area (Å²) >= 11 is 0. The Morgan fingerprint density at radius 2 is 1.78 bits per heavy atom. The fourth-order valence-corrected chi connectivity index (χ4v) is 2.05. The van der Waals surface area contributed by atoms with Gasteiger partial charge in [-0.15, -0.1) is 0 Å². The first kappa shape index (κ1) is 14.7. The van der Waals surface area contributed by atoms with Crippen LogP contribution in [-0.2, 0) is 0 Å². The Bertz CT molecular complexity index is 390. The summed E-state index contributed by atoms with van der Waals surface area (Å²) in [5.74, 6) is 1.10. The Morgan fingerprint density at radius 1 is 1.22 bits per heavy atom. The van der Waals surface area contributed by atoms with Crippen LogP contribution in [0.15, 0.2) is 24.3 Å². The van der Waals surface area contributed by atoms with Crippen molar-refractivity contribution < 1.29 is 14.0 Å². The van der Waals surface area contributed by atoms with E-state index in [1.54, 1.807) is 7.11 Å². The summed E-state index contributed by atoms with van der Waals surface area (Å²) in [4.78, 5) is 12.4. The van der Waals surface area contributed by atoms with Gasteiger partial charge in [0.15, 0.2) is 5.78 Å². The monoisotopic (exact) mass is 250 g/mol. The van der Waals surface area contributed by atoms with E-state index in [0.29, 0.717) is 0 Å². The van der Waals surface area contributed by atoms with Gasteiger partial charge in [0.2, 0.25) is 0 Å². The van der Waals surface area contributed by atoms with Gasteiger partial charge >= 0.3 is 0 Å². The minimum atomic E-state index is 0.0818. The molecule has 0 N–H and O–H groups in total. The zero-order chi connectivity index (χ0) is 13.8. The number of quaternary nitrogens is 1. The van der Waals surface area contributed by atoms with Gasteiger partial charge in [0.25, 0.3) is 0 Å². The molecule has 0 spiro atoms. The molecule has 1 rings (SSSR count). The number of ether oxygens (including phenoxy) is 1.